The van der Waals surface area contributed by atoms with Crippen molar-refractivity contribution in [2.75, 3.05) is 6.26 Å². The monoisotopic (exact) mass is 282 g/mol. The molecule has 1 rings (SSSR count). The molecule has 0 radical (unpaired) electrons. The van der Waals surface area contributed by atoms with E-state index in [0.717, 1.165) is 11.1 Å². The van der Waals surface area contributed by atoms with Crippen molar-refractivity contribution in [3.63, 3.8) is 0 Å². The number of sulfone groups is 1. The summed E-state index contributed by atoms with van der Waals surface area (Å²) in [5.41, 5.74) is 2.77. The lowest BCUT2D eigenvalue weighted by Crippen LogP contribution is -2.21. The van der Waals surface area contributed by atoms with Gasteiger partial charge in [0.2, 0.25) is 0 Å². The molecule has 0 aliphatic heterocycles. The molecule has 0 atom stereocenters. The van der Waals surface area contributed by atoms with Crippen LogP contribution in [0.15, 0.2) is 17.0 Å². The van der Waals surface area contributed by atoms with Crippen molar-refractivity contribution >= 4 is 9.84 Å². The van der Waals surface area contributed by atoms with Gasteiger partial charge in [-0.3, -0.25) is 0 Å². The maximum absolute atomic E-state index is 12.1. The summed E-state index contributed by atoms with van der Waals surface area (Å²) in [5.74, 6) is 0. The Hall–Kier alpha value is -0.830. The van der Waals surface area contributed by atoms with Crippen LogP contribution in [0.25, 0.3) is 0 Å². The number of hydrogen-bond acceptors (Lipinski definition) is 2. The van der Waals surface area contributed by atoms with E-state index in [1.54, 1.807) is 0 Å². The van der Waals surface area contributed by atoms with Gasteiger partial charge in [-0.2, -0.15) is 0 Å². The van der Waals surface area contributed by atoms with E-state index in [0.29, 0.717) is 4.90 Å². The maximum atomic E-state index is 12.1. The second kappa shape index (κ2) is 4.62. The van der Waals surface area contributed by atoms with Gasteiger partial charge in [0.05, 0.1) is 4.90 Å². The summed E-state index contributed by atoms with van der Waals surface area (Å²) in [6, 6.07) is 4.06. The number of aryl methyl sites for hydroxylation is 1. The van der Waals surface area contributed by atoms with E-state index in [2.05, 4.69) is 47.6 Å². The van der Waals surface area contributed by atoms with Gasteiger partial charge >= 0.3 is 0 Å². The Bertz CT molecular complexity index is 582. The van der Waals surface area contributed by atoms with Crippen molar-refractivity contribution in [1.82, 2.24) is 0 Å². The van der Waals surface area contributed by atoms with Crippen molar-refractivity contribution in [2.24, 2.45) is 0 Å². The third-order valence-electron chi connectivity index (χ3n) is 3.32. The van der Waals surface area contributed by atoms with Gasteiger partial charge in [-0.15, -0.1) is 0 Å². The predicted octanol–water partition coefficient (Wildman–Crippen LogP) is 3.99. The van der Waals surface area contributed by atoms with Crippen LogP contribution in [-0.4, -0.2) is 14.7 Å². The first-order chi connectivity index (χ1) is 8.24. The molecule has 0 saturated heterocycles. The van der Waals surface area contributed by atoms with E-state index >= 15 is 0 Å². The van der Waals surface area contributed by atoms with Gasteiger partial charge in [-0.05, 0) is 34.4 Å². The van der Waals surface area contributed by atoms with Crippen molar-refractivity contribution in [1.29, 1.82) is 0 Å². The third-order valence-corrected chi connectivity index (χ3v) is 4.60. The molecule has 19 heavy (non-hydrogen) atoms. The van der Waals surface area contributed by atoms with Crippen molar-refractivity contribution < 1.29 is 8.42 Å². The molecular formula is C16H26O2S. The SMILES string of the molecule is Cc1cc(C(C)(C)C)cc(C(C)(C)C)c1S(C)(=O)=O. The summed E-state index contributed by atoms with van der Waals surface area (Å²) in [7, 11) is -3.21. The van der Waals surface area contributed by atoms with Crippen LogP contribution < -0.4 is 0 Å². The average molecular weight is 282 g/mol. The molecule has 0 unspecified atom stereocenters. The molecule has 0 heterocycles. The molecule has 1 aromatic rings. The van der Waals surface area contributed by atoms with Gasteiger partial charge < -0.3 is 0 Å². The van der Waals surface area contributed by atoms with Crippen LogP contribution in [0.2, 0.25) is 0 Å². The van der Waals surface area contributed by atoms with E-state index in [-0.39, 0.29) is 10.8 Å². The lowest BCUT2D eigenvalue weighted by molar-refractivity contribution is 0.549. The Balaban J connectivity index is 3.79. The van der Waals surface area contributed by atoms with Crippen molar-refractivity contribution in [3.8, 4) is 0 Å². The molecule has 0 aliphatic rings. The lowest BCUT2D eigenvalue weighted by atomic mass is 9.79. The molecule has 0 amide bonds. The van der Waals surface area contributed by atoms with Crippen LogP contribution in [0.1, 0.15) is 58.2 Å². The highest BCUT2D eigenvalue weighted by atomic mass is 32.2. The fourth-order valence-corrected chi connectivity index (χ4v) is 3.66. The van der Waals surface area contributed by atoms with Crippen molar-refractivity contribution in [3.05, 3.63) is 28.8 Å². The molecule has 2 nitrogen and oxygen atoms in total. The van der Waals surface area contributed by atoms with Crippen LogP contribution in [0, 0.1) is 6.92 Å². The maximum Gasteiger partial charge on any atom is 0.176 e. The zero-order valence-electron chi connectivity index (χ0n) is 13.4. The molecule has 3 heteroatoms. The van der Waals surface area contributed by atoms with Gasteiger partial charge in [0.15, 0.2) is 9.84 Å². The second-order valence-corrected chi connectivity index (χ2v) is 9.39. The zero-order valence-corrected chi connectivity index (χ0v) is 14.2. The smallest absolute Gasteiger partial charge is 0.176 e. The minimum Gasteiger partial charge on any atom is -0.224 e. The zero-order chi connectivity index (χ0) is 15.2. The molecule has 0 bridgehead atoms. The molecule has 108 valence electrons. The highest BCUT2D eigenvalue weighted by Gasteiger charge is 2.27. The Morgan fingerprint density at radius 3 is 1.68 bits per heavy atom. The highest BCUT2D eigenvalue weighted by molar-refractivity contribution is 7.90. The molecular weight excluding hydrogens is 256 g/mol. The number of benzene rings is 1. The van der Waals surface area contributed by atoms with E-state index in [4.69, 9.17) is 0 Å². The minimum absolute atomic E-state index is 0.0147. The van der Waals surface area contributed by atoms with Gasteiger partial charge in [-0.25, -0.2) is 8.42 Å². The van der Waals surface area contributed by atoms with Crippen molar-refractivity contribution in [2.45, 2.75) is 64.2 Å². The minimum atomic E-state index is -3.21. The summed E-state index contributed by atoms with van der Waals surface area (Å²) < 4.78 is 24.2. The first-order valence-corrected chi connectivity index (χ1v) is 8.49. The van der Waals surface area contributed by atoms with Gasteiger partial charge in [0.25, 0.3) is 0 Å². The molecule has 0 saturated carbocycles. The summed E-state index contributed by atoms with van der Waals surface area (Å²) >= 11 is 0. The summed E-state index contributed by atoms with van der Waals surface area (Å²) in [6.45, 7) is 14.5. The quantitative estimate of drug-likeness (QED) is 0.780. The predicted molar refractivity (Wildman–Crippen MR) is 81.7 cm³/mol. The normalized spacial score (nSPS) is 13.7. The third kappa shape index (κ3) is 3.59. The standard InChI is InChI=1S/C16H26O2S/c1-11-9-12(15(2,3)4)10-13(16(5,6)7)14(11)19(8,17)18/h9-10H,1-8H3. The molecule has 0 spiro atoms. The fourth-order valence-electron chi connectivity index (χ4n) is 2.26. The van der Waals surface area contributed by atoms with Gasteiger partial charge in [-0.1, -0.05) is 53.7 Å². The summed E-state index contributed by atoms with van der Waals surface area (Å²) in [4.78, 5) is 0.494. The highest BCUT2D eigenvalue weighted by Crippen LogP contribution is 2.35. The van der Waals surface area contributed by atoms with Crippen LogP contribution in [0.4, 0.5) is 0 Å². The lowest BCUT2D eigenvalue weighted by Gasteiger charge is -2.28. The van der Waals surface area contributed by atoms with E-state index < -0.39 is 9.84 Å². The second-order valence-electron chi connectivity index (χ2n) is 7.44. The number of rotatable bonds is 1. The van der Waals surface area contributed by atoms with Crippen LogP contribution >= 0.6 is 0 Å². The van der Waals surface area contributed by atoms with E-state index in [1.165, 1.54) is 11.8 Å². The average Bonchev–Trinajstić information content (AvgIpc) is 2.11. The first-order valence-electron chi connectivity index (χ1n) is 6.60. The van der Waals surface area contributed by atoms with Gasteiger partial charge in [0.1, 0.15) is 0 Å². The van der Waals surface area contributed by atoms with Crippen LogP contribution in [-0.2, 0) is 20.7 Å². The van der Waals surface area contributed by atoms with Gasteiger partial charge in [0, 0.05) is 6.26 Å². The first kappa shape index (κ1) is 16.2. The molecule has 1 aromatic carbocycles. The Morgan fingerprint density at radius 2 is 1.37 bits per heavy atom. The van der Waals surface area contributed by atoms with E-state index in [1.807, 2.05) is 13.0 Å². The summed E-state index contributed by atoms with van der Waals surface area (Å²) in [6.07, 6.45) is 1.29. The van der Waals surface area contributed by atoms with E-state index in [9.17, 15) is 8.42 Å². The Morgan fingerprint density at radius 1 is 0.895 bits per heavy atom. The largest absolute Gasteiger partial charge is 0.224 e. The molecule has 0 N–H and O–H groups in total. The van der Waals surface area contributed by atoms with Crippen LogP contribution in [0.3, 0.4) is 0 Å². The molecule has 0 aromatic heterocycles. The Kier molecular flexibility index (Phi) is 3.95. The number of hydrogen-bond donors (Lipinski definition) is 0. The molecule has 0 aliphatic carbocycles. The summed E-state index contributed by atoms with van der Waals surface area (Å²) in [5, 5.41) is 0. The fraction of sp³-hybridized carbons (Fsp3) is 0.625. The molecule has 0 fully saturated rings. The Labute approximate surface area is 118 Å². The van der Waals surface area contributed by atoms with Crippen LogP contribution in [0.5, 0.6) is 0 Å². The topological polar surface area (TPSA) is 34.1 Å².